The van der Waals surface area contributed by atoms with Crippen molar-refractivity contribution in [2.75, 3.05) is 11.5 Å². The Hall–Kier alpha value is -1.43. The molecular formula is C12H17FN2O2S. The molecule has 100 valence electrons. The number of nitrogens with one attached hydrogen (secondary N) is 1. The van der Waals surface area contributed by atoms with Crippen molar-refractivity contribution in [3.05, 3.63) is 24.0 Å². The minimum Gasteiger partial charge on any atom is -0.396 e. The number of benzene rings is 1. The van der Waals surface area contributed by atoms with Gasteiger partial charge in [0, 0.05) is 23.1 Å². The number of anilines is 1. The van der Waals surface area contributed by atoms with E-state index in [1.165, 1.54) is 12.1 Å². The molecule has 6 heteroatoms. The second-order valence-corrected chi connectivity index (χ2v) is 5.78. The van der Waals surface area contributed by atoms with Crippen LogP contribution in [0.4, 0.5) is 10.1 Å². The Morgan fingerprint density at radius 2 is 2.17 bits per heavy atom. The number of nitrogens with two attached hydrogens (primary N) is 1. The van der Waals surface area contributed by atoms with Crippen molar-refractivity contribution in [2.45, 2.75) is 31.2 Å². The molecule has 1 amide bonds. The van der Waals surface area contributed by atoms with Crippen molar-refractivity contribution >= 4 is 22.4 Å². The van der Waals surface area contributed by atoms with Gasteiger partial charge in [0.15, 0.2) is 0 Å². The molecule has 1 rings (SSSR count). The summed E-state index contributed by atoms with van der Waals surface area (Å²) in [7, 11) is -1.39. The van der Waals surface area contributed by atoms with E-state index in [2.05, 4.69) is 5.32 Å². The average Bonchev–Trinajstić information content (AvgIpc) is 2.28. The summed E-state index contributed by atoms with van der Waals surface area (Å²) in [5, 5.41) is 2.70. The molecule has 1 atom stereocenters. The zero-order chi connectivity index (χ0) is 13.7. The van der Waals surface area contributed by atoms with Crippen molar-refractivity contribution in [1.29, 1.82) is 0 Å². The minimum absolute atomic E-state index is 0.0216. The predicted molar refractivity (Wildman–Crippen MR) is 70.0 cm³/mol. The number of nitrogen functional groups attached to an aromatic ring is 1. The minimum atomic E-state index is -1.39. The van der Waals surface area contributed by atoms with E-state index in [-0.39, 0.29) is 29.8 Å². The number of carbonyl (C=O) groups is 1. The number of amides is 1. The van der Waals surface area contributed by atoms with Gasteiger partial charge in [-0.1, -0.05) is 0 Å². The molecule has 0 saturated carbocycles. The van der Waals surface area contributed by atoms with Crippen molar-refractivity contribution in [1.82, 2.24) is 5.32 Å². The highest BCUT2D eigenvalue weighted by Crippen LogP contribution is 2.15. The quantitative estimate of drug-likeness (QED) is 0.796. The summed E-state index contributed by atoms with van der Waals surface area (Å²) in [6.45, 7) is 3.70. The molecule has 1 unspecified atom stereocenters. The average molecular weight is 272 g/mol. The van der Waals surface area contributed by atoms with Gasteiger partial charge in [-0.05, 0) is 32.0 Å². The van der Waals surface area contributed by atoms with Crippen molar-refractivity contribution < 1.29 is 13.4 Å². The molecule has 0 spiro atoms. The van der Waals surface area contributed by atoms with Gasteiger partial charge in [0.05, 0.1) is 16.5 Å². The van der Waals surface area contributed by atoms with E-state index in [4.69, 9.17) is 5.73 Å². The van der Waals surface area contributed by atoms with Crippen LogP contribution in [0.3, 0.4) is 0 Å². The Kier molecular flexibility index (Phi) is 5.27. The van der Waals surface area contributed by atoms with Crippen LogP contribution in [-0.4, -0.2) is 21.9 Å². The third kappa shape index (κ3) is 4.44. The fourth-order valence-electron chi connectivity index (χ4n) is 1.35. The maximum absolute atomic E-state index is 13.2. The number of halogens is 1. The Balaban J connectivity index is 2.55. The highest BCUT2D eigenvalue weighted by atomic mass is 32.2. The molecule has 3 N–H and O–H groups in total. The van der Waals surface area contributed by atoms with E-state index in [0.29, 0.717) is 4.90 Å². The van der Waals surface area contributed by atoms with Crippen LogP contribution in [0.2, 0.25) is 0 Å². The van der Waals surface area contributed by atoms with Crippen molar-refractivity contribution in [3.63, 3.8) is 0 Å². The lowest BCUT2D eigenvalue weighted by Crippen LogP contribution is -2.30. The molecule has 0 aliphatic rings. The van der Waals surface area contributed by atoms with Gasteiger partial charge in [-0.2, -0.15) is 0 Å². The Bertz CT molecular complexity index is 463. The highest BCUT2D eigenvalue weighted by molar-refractivity contribution is 7.85. The lowest BCUT2D eigenvalue weighted by molar-refractivity contribution is -0.121. The van der Waals surface area contributed by atoms with Crippen LogP contribution in [-0.2, 0) is 15.6 Å². The van der Waals surface area contributed by atoms with Gasteiger partial charge in [-0.15, -0.1) is 0 Å². The first-order valence-electron chi connectivity index (χ1n) is 5.63. The fourth-order valence-corrected chi connectivity index (χ4v) is 2.41. The number of rotatable bonds is 5. The normalized spacial score (nSPS) is 12.4. The molecule has 0 radical (unpaired) electrons. The molecule has 1 aromatic rings. The van der Waals surface area contributed by atoms with Gasteiger partial charge in [0.2, 0.25) is 5.91 Å². The zero-order valence-electron chi connectivity index (χ0n) is 10.4. The van der Waals surface area contributed by atoms with Crippen molar-refractivity contribution in [2.24, 2.45) is 0 Å². The second kappa shape index (κ2) is 6.49. The van der Waals surface area contributed by atoms with Gasteiger partial charge in [-0.3, -0.25) is 9.00 Å². The Morgan fingerprint density at radius 1 is 1.50 bits per heavy atom. The van der Waals surface area contributed by atoms with Gasteiger partial charge in [0.25, 0.3) is 0 Å². The fraction of sp³-hybridized carbons (Fsp3) is 0.417. The third-order valence-electron chi connectivity index (χ3n) is 2.20. The monoisotopic (exact) mass is 272 g/mol. The van der Waals surface area contributed by atoms with E-state index in [1.54, 1.807) is 0 Å². The van der Waals surface area contributed by atoms with Crippen LogP contribution in [0.15, 0.2) is 23.1 Å². The zero-order valence-corrected chi connectivity index (χ0v) is 11.2. The number of hydrogen-bond acceptors (Lipinski definition) is 3. The van der Waals surface area contributed by atoms with Crippen LogP contribution in [0.5, 0.6) is 0 Å². The number of carbonyl (C=O) groups excluding carboxylic acids is 1. The van der Waals surface area contributed by atoms with E-state index >= 15 is 0 Å². The Labute approximate surface area is 108 Å². The van der Waals surface area contributed by atoms with Crippen LogP contribution < -0.4 is 11.1 Å². The molecule has 0 aliphatic carbocycles. The summed E-state index contributed by atoms with van der Waals surface area (Å²) in [5.74, 6) is -0.580. The van der Waals surface area contributed by atoms with Gasteiger partial charge in [-0.25, -0.2) is 4.39 Å². The third-order valence-corrected chi connectivity index (χ3v) is 3.55. The largest absolute Gasteiger partial charge is 0.396 e. The molecule has 1 aromatic carbocycles. The topological polar surface area (TPSA) is 72.2 Å². The SMILES string of the molecule is CC(C)NC(=O)CCS(=O)c1ccc(N)c(F)c1. The molecule has 0 heterocycles. The summed E-state index contributed by atoms with van der Waals surface area (Å²) in [5.41, 5.74) is 5.35. The second-order valence-electron chi connectivity index (χ2n) is 4.21. The molecular weight excluding hydrogens is 255 g/mol. The van der Waals surface area contributed by atoms with E-state index < -0.39 is 16.6 Å². The first kappa shape index (κ1) is 14.6. The van der Waals surface area contributed by atoms with Gasteiger partial charge in [0.1, 0.15) is 5.82 Å². The van der Waals surface area contributed by atoms with Crippen LogP contribution in [0, 0.1) is 5.82 Å². The lowest BCUT2D eigenvalue weighted by Gasteiger charge is -2.08. The summed E-state index contributed by atoms with van der Waals surface area (Å²) in [4.78, 5) is 11.7. The molecule has 0 saturated heterocycles. The predicted octanol–water partition coefficient (Wildman–Crippen LogP) is 1.43. The maximum atomic E-state index is 13.2. The smallest absolute Gasteiger partial charge is 0.221 e. The lowest BCUT2D eigenvalue weighted by atomic mass is 10.3. The standard InChI is InChI=1S/C12H17FN2O2S/c1-8(2)15-12(16)5-6-18(17)9-3-4-11(14)10(13)7-9/h3-4,7-8H,5-6,14H2,1-2H3,(H,15,16). The van der Waals surface area contributed by atoms with Gasteiger partial charge >= 0.3 is 0 Å². The maximum Gasteiger partial charge on any atom is 0.221 e. The molecule has 0 fully saturated rings. The van der Waals surface area contributed by atoms with Crippen LogP contribution in [0.25, 0.3) is 0 Å². The molecule has 4 nitrogen and oxygen atoms in total. The van der Waals surface area contributed by atoms with Gasteiger partial charge < -0.3 is 11.1 Å². The first-order valence-corrected chi connectivity index (χ1v) is 6.95. The van der Waals surface area contributed by atoms with Crippen LogP contribution >= 0.6 is 0 Å². The van der Waals surface area contributed by atoms with E-state index in [0.717, 1.165) is 6.07 Å². The molecule has 0 aromatic heterocycles. The highest BCUT2D eigenvalue weighted by Gasteiger charge is 2.10. The Morgan fingerprint density at radius 3 is 2.72 bits per heavy atom. The summed E-state index contributed by atoms with van der Waals surface area (Å²) in [6, 6.07) is 4.08. The summed E-state index contributed by atoms with van der Waals surface area (Å²) in [6.07, 6.45) is 0.150. The first-order chi connectivity index (χ1) is 8.40. The molecule has 0 aliphatic heterocycles. The summed E-state index contributed by atoms with van der Waals surface area (Å²) >= 11 is 0. The molecule has 18 heavy (non-hydrogen) atoms. The van der Waals surface area contributed by atoms with E-state index in [9.17, 15) is 13.4 Å². The molecule has 0 bridgehead atoms. The van der Waals surface area contributed by atoms with Crippen LogP contribution in [0.1, 0.15) is 20.3 Å². The summed E-state index contributed by atoms with van der Waals surface area (Å²) < 4.78 is 25.0. The number of hydrogen-bond donors (Lipinski definition) is 2. The van der Waals surface area contributed by atoms with E-state index in [1.807, 2.05) is 13.8 Å². The van der Waals surface area contributed by atoms with Crippen molar-refractivity contribution in [3.8, 4) is 0 Å².